The molecule has 3 aromatic carbocycles. The van der Waals surface area contributed by atoms with Crippen LogP contribution in [0.4, 0.5) is 22.7 Å². The normalized spacial score (nSPS) is 12.5. The van der Waals surface area contributed by atoms with Gasteiger partial charge in [0.15, 0.2) is 0 Å². The first-order valence-electron chi connectivity index (χ1n) is 21.0. The van der Waals surface area contributed by atoms with Crippen molar-refractivity contribution in [2.24, 2.45) is 22.9 Å². The van der Waals surface area contributed by atoms with E-state index in [9.17, 15) is 19.2 Å². The highest BCUT2D eigenvalue weighted by molar-refractivity contribution is 7.99. The zero-order valence-corrected chi connectivity index (χ0v) is 38.9. The summed E-state index contributed by atoms with van der Waals surface area (Å²) in [6.45, 7) is 12.9. The standard InChI is InChI=1S/C48H60N10O4S2/c1-47(2,3)33-23-37(41(63-18-14-49)39(25-33)57-45(61)35(51)20-29-10-8-16-53-27-29)55-43(59)31-12-7-13-32(22-31)44(60)56-38-24-34(48(4,5)6)26-40(42(38)64-19-15-50)58-46(62)36(52)21-30-11-9-17-54-28-30/h7-13,16-17,22-28,35-36H,14-15,18-21,49-52H2,1-6H3,(H,55,59)(H,56,60)(H,57,61)(H,58,62)/t35-,36-/m1/s1. The monoisotopic (exact) mass is 904 g/mol. The molecule has 0 bridgehead atoms. The number of amides is 4. The molecule has 0 aliphatic heterocycles. The molecule has 0 unspecified atom stereocenters. The second kappa shape index (κ2) is 22.3. The molecule has 16 heteroatoms. The summed E-state index contributed by atoms with van der Waals surface area (Å²) in [4.78, 5) is 64.9. The topological polar surface area (TPSA) is 246 Å². The van der Waals surface area contributed by atoms with E-state index in [1.807, 2.05) is 77.9 Å². The van der Waals surface area contributed by atoms with Crippen LogP contribution in [0.25, 0.3) is 0 Å². The Morgan fingerprint density at radius 2 is 0.938 bits per heavy atom. The first-order valence-corrected chi connectivity index (χ1v) is 23.0. The number of carbonyl (C=O) groups excluding carboxylic acids is 4. The first-order chi connectivity index (χ1) is 30.4. The molecule has 64 heavy (non-hydrogen) atoms. The van der Waals surface area contributed by atoms with E-state index >= 15 is 0 Å². The summed E-state index contributed by atoms with van der Waals surface area (Å²) in [5.41, 5.74) is 29.6. The first kappa shape index (κ1) is 49.4. The Morgan fingerprint density at radius 3 is 1.27 bits per heavy atom. The number of aromatic nitrogens is 2. The van der Waals surface area contributed by atoms with Crippen LogP contribution in [-0.4, -0.2) is 70.3 Å². The van der Waals surface area contributed by atoms with Gasteiger partial charge in [-0.2, -0.15) is 0 Å². The Bertz CT molecular complexity index is 2260. The maximum Gasteiger partial charge on any atom is 0.255 e. The number of nitrogens with two attached hydrogens (primary N) is 4. The van der Waals surface area contributed by atoms with Crippen molar-refractivity contribution in [3.05, 3.63) is 131 Å². The third-order valence-electron chi connectivity index (χ3n) is 10.1. The number of anilines is 4. The van der Waals surface area contributed by atoms with Gasteiger partial charge in [-0.3, -0.25) is 29.1 Å². The van der Waals surface area contributed by atoms with Gasteiger partial charge in [-0.05, 0) is 101 Å². The van der Waals surface area contributed by atoms with Gasteiger partial charge in [0.05, 0.1) is 44.6 Å². The van der Waals surface area contributed by atoms with E-state index in [1.54, 1.807) is 55.1 Å². The number of thioether (sulfide) groups is 2. The molecule has 338 valence electrons. The van der Waals surface area contributed by atoms with Crippen molar-refractivity contribution < 1.29 is 19.2 Å². The largest absolute Gasteiger partial charge is 0.330 e. The number of nitrogens with one attached hydrogen (secondary N) is 4. The van der Waals surface area contributed by atoms with E-state index in [-0.39, 0.29) is 34.8 Å². The van der Waals surface area contributed by atoms with Crippen LogP contribution >= 0.6 is 23.5 Å². The number of rotatable bonds is 18. The van der Waals surface area contributed by atoms with Gasteiger partial charge >= 0.3 is 0 Å². The highest BCUT2D eigenvalue weighted by atomic mass is 32.2. The lowest BCUT2D eigenvalue weighted by molar-refractivity contribution is -0.118. The molecule has 14 nitrogen and oxygen atoms in total. The lowest BCUT2D eigenvalue weighted by atomic mass is 9.86. The zero-order chi connectivity index (χ0) is 46.6. The van der Waals surface area contributed by atoms with Gasteiger partial charge in [0.25, 0.3) is 11.8 Å². The molecular formula is C48H60N10O4S2. The number of benzene rings is 3. The van der Waals surface area contributed by atoms with Crippen molar-refractivity contribution in [2.75, 3.05) is 45.9 Å². The van der Waals surface area contributed by atoms with E-state index in [0.29, 0.717) is 57.1 Å². The van der Waals surface area contributed by atoms with Crippen molar-refractivity contribution in [1.82, 2.24) is 9.97 Å². The Hall–Kier alpha value is -5.62. The smallest absolute Gasteiger partial charge is 0.255 e. The van der Waals surface area contributed by atoms with Crippen molar-refractivity contribution in [1.29, 1.82) is 0 Å². The van der Waals surface area contributed by atoms with Gasteiger partial charge in [-0.25, -0.2) is 0 Å². The lowest BCUT2D eigenvalue weighted by Gasteiger charge is -2.25. The fraction of sp³-hybridized carbons (Fsp3) is 0.333. The van der Waals surface area contributed by atoms with E-state index in [4.69, 9.17) is 22.9 Å². The highest BCUT2D eigenvalue weighted by Gasteiger charge is 2.26. The Balaban J connectivity index is 1.44. The molecule has 2 heterocycles. The van der Waals surface area contributed by atoms with Crippen molar-refractivity contribution in [3.8, 4) is 0 Å². The van der Waals surface area contributed by atoms with Gasteiger partial charge in [0, 0.05) is 60.5 Å². The van der Waals surface area contributed by atoms with Gasteiger partial charge in [0.2, 0.25) is 11.8 Å². The fourth-order valence-corrected chi connectivity index (χ4v) is 8.21. The summed E-state index contributed by atoms with van der Waals surface area (Å²) in [7, 11) is 0. The van der Waals surface area contributed by atoms with Crippen LogP contribution in [0.1, 0.15) is 84.5 Å². The van der Waals surface area contributed by atoms with Gasteiger partial charge < -0.3 is 44.2 Å². The van der Waals surface area contributed by atoms with Gasteiger partial charge in [-0.15, -0.1) is 23.5 Å². The third-order valence-corrected chi connectivity index (χ3v) is 12.4. The SMILES string of the molecule is CC(C)(C)c1cc(NC(=O)c2cccc(C(=O)Nc3cc(C(C)(C)C)cc(NC(=O)[C@H](N)Cc4cccnc4)c3SCCN)c2)c(SCCN)c(NC(=O)[C@H](N)Cc2cccnc2)c1. The van der Waals surface area contributed by atoms with Crippen molar-refractivity contribution in [2.45, 2.75) is 87.1 Å². The van der Waals surface area contributed by atoms with Crippen LogP contribution in [0.5, 0.6) is 0 Å². The third kappa shape index (κ3) is 13.7. The maximum atomic E-state index is 14.2. The van der Waals surface area contributed by atoms with Crippen LogP contribution in [0, 0.1) is 0 Å². The zero-order valence-electron chi connectivity index (χ0n) is 37.3. The predicted octanol–water partition coefficient (Wildman–Crippen LogP) is 6.69. The van der Waals surface area contributed by atoms with E-state index in [0.717, 1.165) is 22.3 Å². The molecule has 0 radical (unpaired) electrons. The molecule has 0 saturated carbocycles. The molecule has 0 spiro atoms. The van der Waals surface area contributed by atoms with E-state index < -0.39 is 35.7 Å². The number of hydrogen-bond donors (Lipinski definition) is 8. The second-order valence-electron chi connectivity index (χ2n) is 17.4. The van der Waals surface area contributed by atoms with E-state index in [1.165, 1.54) is 29.6 Å². The average molecular weight is 905 g/mol. The molecule has 2 aromatic heterocycles. The molecule has 0 aliphatic rings. The second-order valence-corrected chi connectivity index (χ2v) is 19.6. The molecule has 0 aliphatic carbocycles. The highest BCUT2D eigenvalue weighted by Crippen LogP contribution is 2.41. The van der Waals surface area contributed by atoms with Crippen molar-refractivity contribution >= 4 is 69.9 Å². The van der Waals surface area contributed by atoms with E-state index in [2.05, 4.69) is 31.2 Å². The van der Waals surface area contributed by atoms with Crippen LogP contribution in [0.15, 0.2) is 107 Å². The molecule has 4 amide bonds. The average Bonchev–Trinajstić information content (AvgIpc) is 3.25. The molecule has 5 rings (SSSR count). The predicted molar refractivity (Wildman–Crippen MR) is 261 cm³/mol. The van der Waals surface area contributed by atoms with Crippen LogP contribution < -0.4 is 44.2 Å². The molecule has 5 aromatic rings. The summed E-state index contributed by atoms with van der Waals surface area (Å²) in [6, 6.07) is 19.6. The van der Waals surface area contributed by atoms with Gasteiger partial charge in [0.1, 0.15) is 0 Å². The van der Waals surface area contributed by atoms with Gasteiger partial charge in [-0.1, -0.05) is 59.7 Å². The van der Waals surface area contributed by atoms with Crippen LogP contribution in [0.2, 0.25) is 0 Å². The summed E-state index contributed by atoms with van der Waals surface area (Å²) in [6.07, 6.45) is 7.23. The minimum absolute atomic E-state index is 0.226. The summed E-state index contributed by atoms with van der Waals surface area (Å²) in [5, 5.41) is 12.2. The number of pyridine rings is 2. The molecule has 0 fully saturated rings. The Labute approximate surface area is 384 Å². The molecule has 2 atom stereocenters. The van der Waals surface area contributed by atoms with Crippen LogP contribution in [-0.2, 0) is 33.3 Å². The Morgan fingerprint density at radius 1 is 0.562 bits per heavy atom. The summed E-state index contributed by atoms with van der Waals surface area (Å²) >= 11 is 2.80. The maximum absolute atomic E-state index is 14.2. The lowest BCUT2D eigenvalue weighted by Crippen LogP contribution is -2.37. The minimum Gasteiger partial charge on any atom is -0.330 e. The van der Waals surface area contributed by atoms with Crippen LogP contribution in [0.3, 0.4) is 0 Å². The summed E-state index contributed by atoms with van der Waals surface area (Å²) in [5.74, 6) is -0.716. The number of hydrogen-bond acceptors (Lipinski definition) is 12. The molecule has 12 N–H and O–H groups in total. The Kier molecular flexibility index (Phi) is 17.2. The molecule has 0 saturated heterocycles. The summed E-state index contributed by atoms with van der Waals surface area (Å²) < 4.78 is 0. The number of nitrogens with zero attached hydrogens (tertiary/aromatic N) is 2. The number of carbonyl (C=O) groups is 4. The molecular weight excluding hydrogens is 845 g/mol. The van der Waals surface area contributed by atoms with Crippen molar-refractivity contribution in [3.63, 3.8) is 0 Å². The fourth-order valence-electron chi connectivity index (χ4n) is 6.50. The minimum atomic E-state index is -0.862. The quantitative estimate of drug-likeness (QED) is 0.0429.